The Bertz CT molecular complexity index is 2280. The molecule has 0 spiro atoms. The van der Waals surface area contributed by atoms with Gasteiger partial charge in [-0.1, -0.05) is 36.4 Å². The lowest BCUT2D eigenvalue weighted by molar-refractivity contribution is 0.0908. The van der Waals surface area contributed by atoms with E-state index in [0.29, 0.717) is 48.8 Å². The predicted octanol–water partition coefficient (Wildman–Crippen LogP) is 6.16. The quantitative estimate of drug-likeness (QED) is 0.167. The SMILES string of the molecule is COc1ccc(-c2cccc3c2CCC3=O)n2nc(C3(COCC4(c5nc6c(OC)ccc(-c7cccc8c7CCC8=O)n6n5)CC4)CC3)nc12. The van der Waals surface area contributed by atoms with Crippen molar-refractivity contribution in [1.29, 1.82) is 0 Å². The van der Waals surface area contributed by atoms with Gasteiger partial charge in [-0.25, -0.2) is 19.0 Å². The summed E-state index contributed by atoms with van der Waals surface area (Å²) in [5.41, 5.74) is 8.27. The van der Waals surface area contributed by atoms with Crippen LogP contribution in [-0.2, 0) is 28.4 Å². The van der Waals surface area contributed by atoms with Gasteiger partial charge in [-0.05, 0) is 73.9 Å². The number of rotatable bonds is 10. The van der Waals surface area contributed by atoms with Crippen molar-refractivity contribution in [2.24, 2.45) is 0 Å². The van der Waals surface area contributed by atoms with Crippen LogP contribution in [0.4, 0.5) is 0 Å². The Morgan fingerprint density at radius 3 is 1.43 bits per heavy atom. The zero-order valence-corrected chi connectivity index (χ0v) is 28.6. The maximum atomic E-state index is 12.5. The minimum absolute atomic E-state index is 0.189. The Morgan fingerprint density at radius 1 is 0.588 bits per heavy atom. The van der Waals surface area contributed by atoms with Gasteiger partial charge in [0, 0.05) is 35.1 Å². The van der Waals surface area contributed by atoms with Gasteiger partial charge < -0.3 is 14.2 Å². The molecule has 4 aromatic heterocycles. The van der Waals surface area contributed by atoms with Crippen LogP contribution in [0.2, 0.25) is 0 Å². The number of carbonyl (C=O) groups excluding carboxylic acids is 2. The van der Waals surface area contributed by atoms with E-state index in [0.717, 1.165) is 94.9 Å². The molecule has 4 aliphatic rings. The monoisotopic (exact) mass is 680 g/mol. The molecule has 0 N–H and O–H groups in total. The molecule has 0 aliphatic heterocycles. The highest BCUT2D eigenvalue weighted by atomic mass is 16.5. The van der Waals surface area contributed by atoms with E-state index in [1.807, 2.05) is 57.6 Å². The summed E-state index contributed by atoms with van der Waals surface area (Å²) >= 11 is 0. The number of methoxy groups -OCH3 is 2. The first-order valence-electron chi connectivity index (χ1n) is 17.7. The van der Waals surface area contributed by atoms with E-state index in [-0.39, 0.29) is 22.4 Å². The number of carbonyl (C=O) groups is 2. The van der Waals surface area contributed by atoms with E-state index in [1.54, 1.807) is 14.2 Å². The number of hydrogen-bond acceptors (Lipinski definition) is 9. The molecule has 0 unspecified atom stereocenters. The summed E-state index contributed by atoms with van der Waals surface area (Å²) in [6.45, 7) is 0.981. The Kier molecular flexibility index (Phi) is 6.58. The lowest BCUT2D eigenvalue weighted by atomic mass is 10.00. The predicted molar refractivity (Wildman–Crippen MR) is 188 cm³/mol. The van der Waals surface area contributed by atoms with Crippen molar-refractivity contribution in [3.63, 3.8) is 0 Å². The van der Waals surface area contributed by atoms with Crippen LogP contribution in [-0.4, -0.2) is 68.2 Å². The maximum absolute atomic E-state index is 12.5. The molecule has 0 atom stereocenters. The number of fused-ring (bicyclic) bond motifs is 4. The average Bonchev–Trinajstić information content (AvgIpc) is 3.85. The first-order chi connectivity index (χ1) is 24.9. The molecule has 11 nitrogen and oxygen atoms in total. The summed E-state index contributed by atoms with van der Waals surface area (Å²) in [7, 11) is 3.29. The summed E-state index contributed by atoms with van der Waals surface area (Å²) in [6.07, 6.45) is 6.24. The second kappa shape index (κ2) is 11.0. The molecular formula is C40H36N6O5. The number of nitrogens with zero attached hydrogens (tertiary/aromatic N) is 6. The van der Waals surface area contributed by atoms with Crippen molar-refractivity contribution in [3.8, 4) is 34.0 Å². The summed E-state index contributed by atoms with van der Waals surface area (Å²) in [5, 5.41) is 10.2. The number of Topliss-reactive ketones (excluding diaryl/α,β-unsaturated/α-hetero) is 2. The largest absolute Gasteiger partial charge is 0.493 e. The first kappa shape index (κ1) is 30.4. The fraction of sp³-hybridized carbons (Fsp3) is 0.350. The third-order valence-electron chi connectivity index (χ3n) is 11.5. The van der Waals surface area contributed by atoms with E-state index in [4.69, 9.17) is 34.4 Å². The van der Waals surface area contributed by atoms with E-state index < -0.39 is 0 Å². The van der Waals surface area contributed by atoms with Crippen LogP contribution in [0, 0.1) is 0 Å². The average molecular weight is 681 g/mol. The molecule has 2 aromatic carbocycles. The molecule has 256 valence electrons. The first-order valence-corrected chi connectivity index (χ1v) is 17.7. The highest BCUT2D eigenvalue weighted by Crippen LogP contribution is 2.51. The molecule has 0 radical (unpaired) electrons. The Balaban J connectivity index is 0.940. The Morgan fingerprint density at radius 2 is 1.02 bits per heavy atom. The molecule has 0 saturated heterocycles. The topological polar surface area (TPSA) is 122 Å². The molecular weight excluding hydrogens is 644 g/mol. The van der Waals surface area contributed by atoms with Crippen LogP contribution in [0.15, 0.2) is 60.7 Å². The van der Waals surface area contributed by atoms with Gasteiger partial charge >= 0.3 is 0 Å². The van der Waals surface area contributed by atoms with Gasteiger partial charge in [0.1, 0.15) is 0 Å². The minimum Gasteiger partial charge on any atom is -0.493 e. The number of ketones is 2. The fourth-order valence-electron chi connectivity index (χ4n) is 8.12. The third-order valence-corrected chi connectivity index (χ3v) is 11.5. The van der Waals surface area contributed by atoms with Crippen molar-refractivity contribution >= 4 is 22.9 Å². The smallest absolute Gasteiger partial charge is 0.198 e. The number of benzene rings is 2. The molecule has 2 fully saturated rings. The van der Waals surface area contributed by atoms with Crippen LogP contribution in [0.1, 0.15) is 82.0 Å². The summed E-state index contributed by atoms with van der Waals surface area (Å²) in [4.78, 5) is 35.1. The molecule has 2 saturated carbocycles. The fourth-order valence-corrected chi connectivity index (χ4v) is 8.12. The van der Waals surface area contributed by atoms with Crippen LogP contribution in [0.25, 0.3) is 33.8 Å². The zero-order chi connectivity index (χ0) is 34.5. The van der Waals surface area contributed by atoms with Crippen molar-refractivity contribution in [2.75, 3.05) is 27.4 Å². The van der Waals surface area contributed by atoms with Crippen LogP contribution in [0.5, 0.6) is 11.5 Å². The molecule has 6 aromatic rings. The zero-order valence-electron chi connectivity index (χ0n) is 28.6. The third kappa shape index (κ3) is 4.60. The van der Waals surface area contributed by atoms with E-state index in [2.05, 4.69) is 12.1 Å². The van der Waals surface area contributed by atoms with Crippen molar-refractivity contribution in [1.82, 2.24) is 29.2 Å². The number of aromatic nitrogens is 6. The Labute approximate surface area is 293 Å². The van der Waals surface area contributed by atoms with Crippen LogP contribution in [0.3, 0.4) is 0 Å². The molecule has 0 bridgehead atoms. The normalized spacial score (nSPS) is 18.0. The van der Waals surface area contributed by atoms with Gasteiger partial charge in [0.2, 0.25) is 0 Å². The summed E-state index contributed by atoms with van der Waals surface area (Å²) in [5.74, 6) is 3.17. The van der Waals surface area contributed by atoms with Crippen LogP contribution < -0.4 is 9.47 Å². The summed E-state index contributed by atoms with van der Waals surface area (Å²) < 4.78 is 21.7. The molecule has 10 rings (SSSR count). The van der Waals surface area contributed by atoms with Crippen molar-refractivity contribution < 1.29 is 23.8 Å². The van der Waals surface area contributed by atoms with Crippen molar-refractivity contribution in [2.45, 2.75) is 62.2 Å². The summed E-state index contributed by atoms with van der Waals surface area (Å²) in [6, 6.07) is 19.7. The highest BCUT2D eigenvalue weighted by Gasteiger charge is 2.52. The van der Waals surface area contributed by atoms with Gasteiger partial charge in [0.25, 0.3) is 0 Å². The highest BCUT2D eigenvalue weighted by molar-refractivity contribution is 6.03. The second-order valence-electron chi connectivity index (χ2n) is 14.5. The van der Waals surface area contributed by atoms with Gasteiger partial charge in [0.15, 0.2) is 46.0 Å². The molecule has 0 amide bonds. The second-order valence-corrected chi connectivity index (χ2v) is 14.5. The molecule has 4 aliphatic carbocycles. The molecule has 11 heteroatoms. The van der Waals surface area contributed by atoms with Crippen LogP contribution >= 0.6 is 0 Å². The van der Waals surface area contributed by atoms with Gasteiger partial charge in [-0.15, -0.1) is 10.2 Å². The molecule has 51 heavy (non-hydrogen) atoms. The van der Waals surface area contributed by atoms with E-state index in [9.17, 15) is 9.59 Å². The lowest BCUT2D eigenvalue weighted by Crippen LogP contribution is -2.23. The number of hydrogen-bond donors (Lipinski definition) is 0. The van der Waals surface area contributed by atoms with E-state index >= 15 is 0 Å². The van der Waals surface area contributed by atoms with Gasteiger partial charge in [0.05, 0.1) is 49.7 Å². The Hall–Kier alpha value is -5.42. The van der Waals surface area contributed by atoms with Crippen molar-refractivity contribution in [3.05, 3.63) is 94.6 Å². The minimum atomic E-state index is -0.285. The number of ether oxygens (including phenoxy) is 3. The maximum Gasteiger partial charge on any atom is 0.198 e. The molecule has 4 heterocycles. The standard InChI is InChI=1S/C40H36N6O5/c1-49-33-15-11-29(25-5-3-7-27-23(25)9-13-31(27)47)45-35(33)41-37(43-45)39(17-18-39)21-51-22-40(19-20-40)38-42-36-34(50-2)16-12-30(46(36)44-38)26-6-4-8-28-24(26)10-14-32(28)48/h3-8,11-12,15-16H,9-10,13-14,17-22H2,1-2H3. The number of pyridine rings is 2. The lowest BCUT2D eigenvalue weighted by Gasteiger charge is -2.16. The van der Waals surface area contributed by atoms with E-state index in [1.165, 1.54) is 0 Å². The van der Waals surface area contributed by atoms with Gasteiger partial charge in [-0.3, -0.25) is 9.59 Å². The van der Waals surface area contributed by atoms with Gasteiger partial charge in [-0.2, -0.15) is 0 Å².